The van der Waals surface area contributed by atoms with Gasteiger partial charge >= 0.3 is 0 Å². The van der Waals surface area contributed by atoms with E-state index in [9.17, 15) is 9.90 Å². The minimum Gasteiger partial charge on any atom is -0.393 e. The van der Waals surface area contributed by atoms with Crippen molar-refractivity contribution in [3.63, 3.8) is 0 Å². The van der Waals surface area contributed by atoms with Crippen LogP contribution in [-0.2, 0) is 4.79 Å². The monoisotopic (exact) mass is 205 g/mol. The van der Waals surface area contributed by atoms with Crippen molar-refractivity contribution in [1.29, 1.82) is 0 Å². The molecule has 0 bridgehead atoms. The molecule has 5 heteroatoms. The van der Waals surface area contributed by atoms with Crippen molar-refractivity contribution in [2.45, 2.75) is 18.4 Å². The van der Waals surface area contributed by atoms with Gasteiger partial charge in [-0.15, -0.1) is 0 Å². The highest BCUT2D eigenvalue weighted by Gasteiger charge is 2.32. The molecule has 1 saturated heterocycles. The zero-order valence-electron chi connectivity index (χ0n) is 7.44. The van der Waals surface area contributed by atoms with Gasteiger partial charge in [-0.1, -0.05) is 0 Å². The maximum atomic E-state index is 11.2. The standard InChI is InChI=1S/C8H15NO3S/c10-6-8(12)1-3-9(4-2-8)7(11)5-13/h10,12-13H,1-6H2. The lowest BCUT2D eigenvalue weighted by Crippen LogP contribution is -2.48. The molecular formula is C8H15NO3S. The van der Waals surface area contributed by atoms with E-state index in [0.717, 1.165) is 0 Å². The number of aliphatic hydroxyl groups is 2. The van der Waals surface area contributed by atoms with E-state index < -0.39 is 5.60 Å². The van der Waals surface area contributed by atoms with Gasteiger partial charge in [0, 0.05) is 13.1 Å². The number of aliphatic hydroxyl groups excluding tert-OH is 1. The molecule has 13 heavy (non-hydrogen) atoms. The first-order valence-electron chi connectivity index (χ1n) is 4.33. The number of carbonyl (C=O) groups is 1. The Morgan fingerprint density at radius 1 is 1.46 bits per heavy atom. The lowest BCUT2D eigenvalue weighted by molar-refractivity contribution is -0.134. The molecule has 4 nitrogen and oxygen atoms in total. The summed E-state index contributed by atoms with van der Waals surface area (Å²) in [6, 6.07) is 0. The Bertz CT molecular complexity index is 190. The number of piperidine rings is 1. The average molecular weight is 205 g/mol. The molecule has 1 aliphatic rings. The summed E-state index contributed by atoms with van der Waals surface area (Å²) in [5, 5.41) is 18.5. The van der Waals surface area contributed by atoms with Crippen molar-refractivity contribution in [2.75, 3.05) is 25.4 Å². The van der Waals surface area contributed by atoms with Crippen LogP contribution in [0.1, 0.15) is 12.8 Å². The predicted octanol–water partition coefficient (Wildman–Crippen LogP) is -0.738. The molecule has 2 N–H and O–H groups in total. The summed E-state index contributed by atoms with van der Waals surface area (Å²) in [6.07, 6.45) is 0.895. The van der Waals surface area contributed by atoms with E-state index in [0.29, 0.717) is 25.9 Å². The fraction of sp³-hybridized carbons (Fsp3) is 0.875. The van der Waals surface area contributed by atoms with E-state index in [1.165, 1.54) is 0 Å². The number of likely N-dealkylation sites (tertiary alicyclic amines) is 1. The van der Waals surface area contributed by atoms with Crippen LogP contribution in [0.15, 0.2) is 0 Å². The third-order valence-electron chi connectivity index (χ3n) is 2.48. The van der Waals surface area contributed by atoms with Crippen LogP contribution in [0.5, 0.6) is 0 Å². The Labute approximate surface area is 83.0 Å². The lowest BCUT2D eigenvalue weighted by atomic mass is 9.92. The third-order valence-corrected chi connectivity index (χ3v) is 2.75. The van der Waals surface area contributed by atoms with Crippen LogP contribution in [0.3, 0.4) is 0 Å². The Morgan fingerprint density at radius 2 is 2.00 bits per heavy atom. The van der Waals surface area contributed by atoms with E-state index >= 15 is 0 Å². The molecule has 0 aromatic carbocycles. The topological polar surface area (TPSA) is 60.8 Å². The van der Waals surface area contributed by atoms with Gasteiger partial charge in [-0.25, -0.2) is 0 Å². The van der Waals surface area contributed by atoms with Crippen LogP contribution in [0, 0.1) is 0 Å². The fourth-order valence-corrected chi connectivity index (χ4v) is 1.63. The predicted molar refractivity (Wildman–Crippen MR) is 51.7 cm³/mol. The maximum absolute atomic E-state index is 11.2. The fourth-order valence-electron chi connectivity index (χ4n) is 1.43. The second-order valence-electron chi connectivity index (χ2n) is 3.42. The number of hydrogen-bond donors (Lipinski definition) is 3. The SMILES string of the molecule is O=C(CS)N1CCC(O)(CO)CC1. The quantitative estimate of drug-likeness (QED) is 0.520. The summed E-state index contributed by atoms with van der Waals surface area (Å²) in [6.45, 7) is 0.794. The highest BCUT2D eigenvalue weighted by molar-refractivity contribution is 7.81. The Balaban J connectivity index is 2.43. The molecule has 1 fully saturated rings. The van der Waals surface area contributed by atoms with E-state index in [4.69, 9.17) is 5.11 Å². The van der Waals surface area contributed by atoms with Crippen molar-refractivity contribution in [1.82, 2.24) is 4.90 Å². The van der Waals surface area contributed by atoms with Crippen LogP contribution in [0.2, 0.25) is 0 Å². The molecule has 1 amide bonds. The largest absolute Gasteiger partial charge is 0.393 e. The number of hydrogen-bond acceptors (Lipinski definition) is 4. The van der Waals surface area contributed by atoms with Crippen molar-refractivity contribution in [3.8, 4) is 0 Å². The van der Waals surface area contributed by atoms with Crippen molar-refractivity contribution in [3.05, 3.63) is 0 Å². The zero-order valence-corrected chi connectivity index (χ0v) is 8.33. The van der Waals surface area contributed by atoms with Gasteiger partial charge in [-0.3, -0.25) is 4.79 Å². The van der Waals surface area contributed by atoms with E-state index in [-0.39, 0.29) is 18.3 Å². The minimum absolute atomic E-state index is 0.0108. The molecule has 0 aromatic heterocycles. The third kappa shape index (κ3) is 2.59. The molecule has 0 radical (unpaired) electrons. The summed E-state index contributed by atoms with van der Waals surface area (Å²) in [5.74, 6) is 0.195. The molecule has 0 saturated carbocycles. The van der Waals surface area contributed by atoms with Gasteiger partial charge < -0.3 is 15.1 Å². The number of nitrogens with zero attached hydrogens (tertiary/aromatic N) is 1. The smallest absolute Gasteiger partial charge is 0.232 e. The molecule has 1 heterocycles. The van der Waals surface area contributed by atoms with Crippen LogP contribution in [0.25, 0.3) is 0 Å². The van der Waals surface area contributed by atoms with Crippen molar-refractivity contribution < 1.29 is 15.0 Å². The second kappa shape index (κ2) is 4.30. The minimum atomic E-state index is -0.979. The molecule has 0 aliphatic carbocycles. The van der Waals surface area contributed by atoms with E-state index in [2.05, 4.69) is 12.6 Å². The number of carbonyl (C=O) groups excluding carboxylic acids is 1. The van der Waals surface area contributed by atoms with Crippen LogP contribution in [-0.4, -0.2) is 52.1 Å². The molecule has 0 spiro atoms. The lowest BCUT2D eigenvalue weighted by Gasteiger charge is -2.36. The van der Waals surface area contributed by atoms with Gasteiger partial charge in [0.25, 0.3) is 0 Å². The van der Waals surface area contributed by atoms with E-state index in [1.54, 1.807) is 4.90 Å². The summed E-state index contributed by atoms with van der Waals surface area (Å²) >= 11 is 3.89. The number of amides is 1. The second-order valence-corrected chi connectivity index (χ2v) is 3.74. The van der Waals surface area contributed by atoms with Crippen molar-refractivity contribution in [2.24, 2.45) is 0 Å². The Kier molecular flexibility index (Phi) is 3.58. The maximum Gasteiger partial charge on any atom is 0.232 e. The van der Waals surface area contributed by atoms with Gasteiger partial charge in [0.15, 0.2) is 0 Å². The summed E-state index contributed by atoms with van der Waals surface area (Å²) in [5.41, 5.74) is -0.979. The van der Waals surface area contributed by atoms with Crippen LogP contribution in [0.4, 0.5) is 0 Å². The first-order chi connectivity index (χ1) is 6.11. The van der Waals surface area contributed by atoms with E-state index in [1.807, 2.05) is 0 Å². The molecule has 0 unspecified atom stereocenters. The molecule has 76 valence electrons. The number of rotatable bonds is 2. The van der Waals surface area contributed by atoms with Gasteiger partial charge in [-0.05, 0) is 12.8 Å². The Morgan fingerprint density at radius 3 is 2.38 bits per heavy atom. The van der Waals surface area contributed by atoms with Gasteiger partial charge in [0.1, 0.15) is 0 Å². The molecule has 0 aromatic rings. The number of thiol groups is 1. The molecule has 1 rings (SSSR count). The molecular weight excluding hydrogens is 190 g/mol. The highest BCUT2D eigenvalue weighted by atomic mass is 32.1. The van der Waals surface area contributed by atoms with Gasteiger partial charge in [0.05, 0.1) is 18.0 Å². The summed E-state index contributed by atoms with van der Waals surface area (Å²) in [7, 11) is 0. The van der Waals surface area contributed by atoms with Gasteiger partial charge in [-0.2, -0.15) is 12.6 Å². The molecule has 1 aliphatic heterocycles. The summed E-state index contributed by atoms with van der Waals surface area (Å²) in [4.78, 5) is 12.8. The average Bonchev–Trinajstić information content (AvgIpc) is 2.18. The zero-order chi connectivity index (χ0) is 9.90. The summed E-state index contributed by atoms with van der Waals surface area (Å²) < 4.78 is 0. The van der Waals surface area contributed by atoms with Crippen LogP contribution < -0.4 is 0 Å². The highest BCUT2D eigenvalue weighted by Crippen LogP contribution is 2.21. The van der Waals surface area contributed by atoms with Crippen molar-refractivity contribution >= 4 is 18.5 Å². The normalized spacial score (nSPS) is 21.6. The first-order valence-corrected chi connectivity index (χ1v) is 4.96. The Hall–Kier alpha value is -0.260. The van der Waals surface area contributed by atoms with Gasteiger partial charge in [0.2, 0.25) is 5.91 Å². The molecule has 0 atom stereocenters. The van der Waals surface area contributed by atoms with Crippen LogP contribution >= 0.6 is 12.6 Å². The first kappa shape index (κ1) is 10.8.